The Morgan fingerprint density at radius 1 is 1.48 bits per heavy atom. The van der Waals surface area contributed by atoms with Gasteiger partial charge in [-0.1, -0.05) is 0 Å². The lowest BCUT2D eigenvalue weighted by atomic mass is 9.92. The Kier molecular flexibility index (Phi) is 3.01. The van der Waals surface area contributed by atoms with Gasteiger partial charge in [-0.25, -0.2) is 4.79 Å². The summed E-state index contributed by atoms with van der Waals surface area (Å²) in [6.07, 6.45) is 3.44. The zero-order valence-corrected chi connectivity index (χ0v) is 12.6. The first-order valence-electron chi connectivity index (χ1n) is 6.95. The highest BCUT2D eigenvalue weighted by molar-refractivity contribution is 5.91. The molecule has 0 N–H and O–H groups in total. The van der Waals surface area contributed by atoms with Gasteiger partial charge in [0.25, 0.3) is 0 Å². The molecule has 5 nitrogen and oxygen atoms in total. The minimum Gasteiger partial charge on any atom is -0.481 e. The van der Waals surface area contributed by atoms with E-state index < -0.39 is 5.60 Å². The molecule has 0 fully saturated rings. The van der Waals surface area contributed by atoms with E-state index in [-0.39, 0.29) is 5.97 Å². The molecule has 1 aliphatic heterocycles. The van der Waals surface area contributed by atoms with Crippen LogP contribution in [0.25, 0.3) is 11.3 Å². The van der Waals surface area contributed by atoms with Gasteiger partial charge in [-0.15, -0.1) is 0 Å². The van der Waals surface area contributed by atoms with Gasteiger partial charge in [0.1, 0.15) is 17.0 Å². The van der Waals surface area contributed by atoms with Crippen molar-refractivity contribution in [2.24, 2.45) is 0 Å². The van der Waals surface area contributed by atoms with Crippen LogP contribution in [0.4, 0.5) is 0 Å². The fraction of sp³-hybridized carbons (Fsp3) is 0.375. The maximum absolute atomic E-state index is 12.0. The Balaban J connectivity index is 2.34. The molecular formula is C16H18N2O3. The number of carbonyl (C=O) groups is 1. The fourth-order valence-corrected chi connectivity index (χ4v) is 2.89. The first-order valence-corrected chi connectivity index (χ1v) is 6.95. The number of nitrogens with zero attached hydrogens (tertiary/aromatic N) is 2. The predicted octanol–water partition coefficient (Wildman–Crippen LogP) is 2.98. The summed E-state index contributed by atoms with van der Waals surface area (Å²) in [6, 6.07) is 3.78. The molecule has 0 amide bonds. The summed E-state index contributed by atoms with van der Waals surface area (Å²) in [5.74, 6) is 0.400. The van der Waals surface area contributed by atoms with Crippen molar-refractivity contribution in [2.45, 2.75) is 32.9 Å². The van der Waals surface area contributed by atoms with Crippen LogP contribution in [0.2, 0.25) is 0 Å². The first-order chi connectivity index (χ1) is 9.99. The number of ether oxygens (including phenoxy) is 2. The van der Waals surface area contributed by atoms with Crippen molar-refractivity contribution in [3.05, 3.63) is 35.8 Å². The molecule has 0 aromatic carbocycles. The van der Waals surface area contributed by atoms with Crippen molar-refractivity contribution in [3.8, 4) is 17.0 Å². The lowest BCUT2D eigenvalue weighted by molar-refractivity contribution is 0.0589. The Morgan fingerprint density at radius 3 is 2.90 bits per heavy atom. The van der Waals surface area contributed by atoms with Crippen LogP contribution < -0.4 is 4.74 Å². The van der Waals surface area contributed by atoms with Gasteiger partial charge >= 0.3 is 5.97 Å². The lowest BCUT2D eigenvalue weighted by Crippen LogP contribution is -2.29. The number of fused-ring (bicyclic) bond motifs is 3. The second-order valence-corrected chi connectivity index (χ2v) is 5.51. The predicted molar refractivity (Wildman–Crippen MR) is 78.3 cm³/mol. The highest BCUT2D eigenvalue weighted by Crippen LogP contribution is 2.46. The SMILES string of the molecule is CCn1c(C(=O)OC)cc2c1-c1ccncc1OC2(C)C. The molecule has 0 aliphatic carbocycles. The second-order valence-electron chi connectivity index (χ2n) is 5.51. The molecule has 3 rings (SSSR count). The molecule has 1 aliphatic rings. The molecule has 2 aromatic heterocycles. The smallest absolute Gasteiger partial charge is 0.354 e. The van der Waals surface area contributed by atoms with Gasteiger partial charge in [-0.3, -0.25) is 4.98 Å². The maximum atomic E-state index is 12.0. The van der Waals surface area contributed by atoms with Crippen LogP contribution in [0, 0.1) is 0 Å². The van der Waals surface area contributed by atoms with Crippen LogP contribution in [-0.4, -0.2) is 22.6 Å². The summed E-state index contributed by atoms with van der Waals surface area (Å²) in [5.41, 5.74) is 2.98. The van der Waals surface area contributed by atoms with Crippen LogP contribution >= 0.6 is 0 Å². The molecule has 0 unspecified atom stereocenters. The number of hydrogen-bond donors (Lipinski definition) is 0. The Hall–Kier alpha value is -2.30. The third-order valence-electron chi connectivity index (χ3n) is 3.86. The van der Waals surface area contributed by atoms with Gasteiger partial charge in [-0.05, 0) is 32.9 Å². The molecular weight excluding hydrogens is 268 g/mol. The number of methoxy groups -OCH3 is 1. The summed E-state index contributed by atoms with van der Waals surface area (Å²) in [5, 5.41) is 0. The normalized spacial score (nSPS) is 14.9. The Bertz CT molecular complexity index is 716. The van der Waals surface area contributed by atoms with E-state index in [4.69, 9.17) is 9.47 Å². The van der Waals surface area contributed by atoms with Gasteiger partial charge in [-0.2, -0.15) is 0 Å². The number of carbonyl (C=O) groups excluding carboxylic acids is 1. The van der Waals surface area contributed by atoms with E-state index in [2.05, 4.69) is 4.98 Å². The fourth-order valence-electron chi connectivity index (χ4n) is 2.89. The first kappa shape index (κ1) is 13.7. The van der Waals surface area contributed by atoms with E-state index in [9.17, 15) is 4.79 Å². The van der Waals surface area contributed by atoms with Crippen LogP contribution in [0.15, 0.2) is 24.5 Å². The third-order valence-corrected chi connectivity index (χ3v) is 3.86. The summed E-state index contributed by atoms with van der Waals surface area (Å²) >= 11 is 0. The van der Waals surface area contributed by atoms with Crippen molar-refractivity contribution in [3.63, 3.8) is 0 Å². The van der Waals surface area contributed by atoms with E-state index in [0.717, 1.165) is 22.6 Å². The Morgan fingerprint density at radius 2 is 2.24 bits per heavy atom. The largest absolute Gasteiger partial charge is 0.481 e. The highest BCUT2D eigenvalue weighted by Gasteiger charge is 2.37. The van der Waals surface area contributed by atoms with Gasteiger partial charge < -0.3 is 14.0 Å². The molecule has 3 heterocycles. The van der Waals surface area contributed by atoms with Crippen molar-refractivity contribution in [2.75, 3.05) is 7.11 Å². The number of hydrogen-bond acceptors (Lipinski definition) is 4. The minimum absolute atomic E-state index is 0.336. The average molecular weight is 286 g/mol. The molecule has 0 atom stereocenters. The molecule has 21 heavy (non-hydrogen) atoms. The highest BCUT2D eigenvalue weighted by atomic mass is 16.5. The average Bonchev–Trinajstić information content (AvgIpc) is 2.86. The number of rotatable bonds is 2. The van der Waals surface area contributed by atoms with Crippen molar-refractivity contribution >= 4 is 5.97 Å². The maximum Gasteiger partial charge on any atom is 0.354 e. The van der Waals surface area contributed by atoms with Gasteiger partial charge in [0.2, 0.25) is 0 Å². The van der Waals surface area contributed by atoms with E-state index in [1.54, 1.807) is 12.4 Å². The van der Waals surface area contributed by atoms with Crippen LogP contribution in [0.5, 0.6) is 5.75 Å². The molecule has 0 radical (unpaired) electrons. The monoisotopic (exact) mass is 286 g/mol. The molecule has 2 aromatic rings. The molecule has 110 valence electrons. The van der Waals surface area contributed by atoms with E-state index in [1.165, 1.54) is 7.11 Å². The zero-order valence-electron chi connectivity index (χ0n) is 12.6. The van der Waals surface area contributed by atoms with Crippen LogP contribution in [0.1, 0.15) is 36.8 Å². The third kappa shape index (κ3) is 1.92. The topological polar surface area (TPSA) is 53.4 Å². The molecule has 0 spiro atoms. The summed E-state index contributed by atoms with van der Waals surface area (Å²) < 4.78 is 12.9. The minimum atomic E-state index is -0.519. The van der Waals surface area contributed by atoms with E-state index in [0.29, 0.717) is 12.2 Å². The van der Waals surface area contributed by atoms with Gasteiger partial charge in [0.05, 0.1) is 19.0 Å². The van der Waals surface area contributed by atoms with Crippen LogP contribution in [-0.2, 0) is 16.9 Å². The lowest BCUT2D eigenvalue weighted by Gasteiger charge is -2.33. The molecule has 5 heteroatoms. The number of esters is 1. The summed E-state index contributed by atoms with van der Waals surface area (Å²) in [7, 11) is 1.40. The van der Waals surface area contributed by atoms with E-state index in [1.807, 2.05) is 37.5 Å². The Labute approximate surface area is 123 Å². The van der Waals surface area contributed by atoms with E-state index >= 15 is 0 Å². The van der Waals surface area contributed by atoms with Crippen molar-refractivity contribution in [1.82, 2.24) is 9.55 Å². The van der Waals surface area contributed by atoms with Crippen molar-refractivity contribution in [1.29, 1.82) is 0 Å². The van der Waals surface area contributed by atoms with Gasteiger partial charge in [0.15, 0.2) is 0 Å². The standard InChI is InChI=1S/C16H18N2O3/c1-5-18-12(15(19)20-4)8-11-14(18)10-6-7-17-9-13(10)21-16(11,2)3/h6-9H,5H2,1-4H3. The number of pyridine rings is 1. The number of aromatic nitrogens is 2. The van der Waals surface area contributed by atoms with Crippen LogP contribution in [0.3, 0.4) is 0 Å². The molecule has 0 bridgehead atoms. The van der Waals surface area contributed by atoms with Crippen molar-refractivity contribution < 1.29 is 14.3 Å². The molecule has 0 saturated carbocycles. The quantitative estimate of drug-likeness (QED) is 0.796. The summed E-state index contributed by atoms with van der Waals surface area (Å²) in [4.78, 5) is 16.2. The molecule has 0 saturated heterocycles. The zero-order chi connectivity index (χ0) is 15.2. The second kappa shape index (κ2) is 4.62. The summed E-state index contributed by atoms with van der Waals surface area (Å²) in [6.45, 7) is 6.67. The van der Waals surface area contributed by atoms with Gasteiger partial charge in [0, 0.05) is 23.9 Å².